The highest BCUT2D eigenvalue weighted by atomic mass is 16.4. The maximum atomic E-state index is 10.1. The van der Waals surface area contributed by atoms with Crippen LogP contribution >= 0.6 is 0 Å². The number of hydrogen-bond acceptors (Lipinski definition) is 8. The Labute approximate surface area is 143 Å². The lowest BCUT2D eigenvalue weighted by molar-refractivity contribution is -0.141. The van der Waals surface area contributed by atoms with Gasteiger partial charge in [-0.3, -0.25) is 19.2 Å². The molecule has 12 heteroatoms. The predicted molar refractivity (Wildman–Crippen MR) is 83.8 cm³/mol. The molecule has 12 nitrogen and oxygen atoms in total. The second-order valence-corrected chi connectivity index (χ2v) is 4.99. The molecule has 10 N–H and O–H groups in total. The zero-order valence-corrected chi connectivity index (χ0v) is 13.5. The van der Waals surface area contributed by atoms with Crippen LogP contribution in [0.5, 0.6) is 0 Å². The van der Waals surface area contributed by atoms with E-state index >= 15 is 0 Å². The van der Waals surface area contributed by atoms with Crippen molar-refractivity contribution in [2.45, 2.75) is 43.8 Å². The first-order valence-corrected chi connectivity index (χ1v) is 7.28. The van der Waals surface area contributed by atoms with Crippen molar-refractivity contribution < 1.29 is 44.7 Å². The van der Waals surface area contributed by atoms with Crippen LogP contribution in [-0.4, -0.2) is 80.7 Å². The molecule has 25 heavy (non-hydrogen) atoms. The van der Waals surface area contributed by atoms with E-state index in [4.69, 9.17) is 37.0 Å². The highest BCUT2D eigenvalue weighted by Gasteiger charge is 2.20. The Morgan fingerprint density at radius 1 is 1.00 bits per heavy atom. The minimum atomic E-state index is -1.18. The number of carboxylic acid groups (broad SMARTS) is 4. The molecule has 1 fully saturated rings. The third-order valence-corrected chi connectivity index (χ3v) is 2.86. The van der Waals surface area contributed by atoms with E-state index in [2.05, 4.69) is 5.32 Å². The zero-order chi connectivity index (χ0) is 20.0. The van der Waals surface area contributed by atoms with Gasteiger partial charge in [0, 0.05) is 6.42 Å². The molecule has 1 saturated heterocycles. The molecule has 0 spiro atoms. The van der Waals surface area contributed by atoms with Crippen LogP contribution in [0.15, 0.2) is 0 Å². The lowest BCUT2D eigenvalue weighted by Crippen LogP contribution is -2.33. The van der Waals surface area contributed by atoms with E-state index in [0.29, 0.717) is 0 Å². The smallest absolute Gasteiger partial charge is 0.322 e. The van der Waals surface area contributed by atoms with Gasteiger partial charge in [0.25, 0.3) is 0 Å². The highest BCUT2D eigenvalue weighted by molar-refractivity contribution is 5.75. The van der Waals surface area contributed by atoms with Crippen molar-refractivity contribution in [3.8, 4) is 0 Å². The summed E-state index contributed by atoms with van der Waals surface area (Å²) in [5.74, 6) is -4.09. The molecule has 0 aliphatic carbocycles. The summed E-state index contributed by atoms with van der Waals surface area (Å²) in [6.45, 7) is 0.353. The van der Waals surface area contributed by atoms with E-state index in [1.807, 2.05) is 0 Å². The quantitative estimate of drug-likeness (QED) is 0.233. The normalized spacial score (nSPS) is 17.8. The summed E-state index contributed by atoms with van der Waals surface area (Å²) in [7, 11) is 0. The number of hydrogen-bond donors (Lipinski definition) is 8. The van der Waals surface area contributed by atoms with Gasteiger partial charge in [-0.1, -0.05) is 0 Å². The van der Waals surface area contributed by atoms with E-state index in [9.17, 15) is 19.2 Å². The van der Waals surface area contributed by atoms with Crippen LogP contribution in [0.1, 0.15) is 25.7 Å². The summed E-state index contributed by atoms with van der Waals surface area (Å²) in [6.07, 6.45) is 1.56. The third kappa shape index (κ3) is 15.0. The first kappa shape index (κ1) is 25.0. The van der Waals surface area contributed by atoms with Crippen LogP contribution in [0.4, 0.5) is 0 Å². The maximum Gasteiger partial charge on any atom is 0.322 e. The van der Waals surface area contributed by atoms with Gasteiger partial charge in [0.15, 0.2) is 0 Å². The van der Waals surface area contributed by atoms with Crippen LogP contribution < -0.4 is 16.8 Å². The topological polar surface area (TPSA) is 233 Å². The number of aliphatic hydroxyl groups excluding tert-OH is 1. The molecular formula is C13H25N3O9. The summed E-state index contributed by atoms with van der Waals surface area (Å²) in [5, 5.41) is 43.4. The SMILES string of the molecule is NC(CCC(=O)O)C(=O)O.NC(CO)C(=O)O.O=C(O)[C@@H]1CCCN1. The molecule has 0 aromatic rings. The molecule has 1 rings (SSSR count). The van der Waals surface area contributed by atoms with Gasteiger partial charge >= 0.3 is 23.9 Å². The minimum absolute atomic E-state index is 0.0231. The van der Waals surface area contributed by atoms with Gasteiger partial charge in [-0.25, -0.2) is 0 Å². The fourth-order valence-corrected chi connectivity index (χ4v) is 1.38. The van der Waals surface area contributed by atoms with Crippen molar-refractivity contribution in [1.82, 2.24) is 5.32 Å². The number of carboxylic acids is 4. The Kier molecular flexibility index (Phi) is 14.1. The average Bonchev–Trinajstić information content (AvgIpc) is 3.07. The van der Waals surface area contributed by atoms with Crippen LogP contribution in [0.25, 0.3) is 0 Å². The number of aliphatic carboxylic acids is 4. The molecule has 1 aliphatic heterocycles. The molecule has 3 atom stereocenters. The Hall–Kier alpha value is -2.28. The van der Waals surface area contributed by atoms with Crippen molar-refractivity contribution >= 4 is 23.9 Å². The first-order valence-electron chi connectivity index (χ1n) is 7.28. The fraction of sp³-hybridized carbons (Fsp3) is 0.692. The Morgan fingerprint density at radius 2 is 1.52 bits per heavy atom. The van der Waals surface area contributed by atoms with Gasteiger partial charge in [0.05, 0.1) is 6.61 Å². The van der Waals surface area contributed by atoms with Gasteiger partial charge < -0.3 is 42.3 Å². The monoisotopic (exact) mass is 367 g/mol. The van der Waals surface area contributed by atoms with Gasteiger partial charge in [-0.05, 0) is 25.8 Å². The molecule has 1 aliphatic rings. The maximum absolute atomic E-state index is 10.1. The second kappa shape index (κ2) is 14.1. The van der Waals surface area contributed by atoms with E-state index in [-0.39, 0.29) is 18.9 Å². The summed E-state index contributed by atoms with van der Waals surface area (Å²) in [5.41, 5.74) is 9.77. The van der Waals surface area contributed by atoms with Crippen molar-refractivity contribution in [3.63, 3.8) is 0 Å². The number of rotatable bonds is 7. The summed E-state index contributed by atoms with van der Waals surface area (Å²) in [6, 6.07) is -2.45. The highest BCUT2D eigenvalue weighted by Crippen LogP contribution is 2.03. The number of nitrogens with two attached hydrogens (primary N) is 2. The van der Waals surface area contributed by atoms with Crippen molar-refractivity contribution in [3.05, 3.63) is 0 Å². The number of nitrogens with one attached hydrogen (secondary N) is 1. The fourth-order valence-electron chi connectivity index (χ4n) is 1.38. The van der Waals surface area contributed by atoms with Crippen molar-refractivity contribution in [2.24, 2.45) is 11.5 Å². The van der Waals surface area contributed by atoms with Gasteiger partial charge in [-0.15, -0.1) is 0 Å². The molecule has 0 radical (unpaired) electrons. The van der Waals surface area contributed by atoms with Crippen molar-refractivity contribution in [1.29, 1.82) is 0 Å². The van der Waals surface area contributed by atoms with Gasteiger partial charge in [0.1, 0.15) is 18.1 Å². The Balaban J connectivity index is 0. The van der Waals surface area contributed by atoms with Crippen LogP contribution in [0.2, 0.25) is 0 Å². The van der Waals surface area contributed by atoms with Crippen LogP contribution in [0.3, 0.4) is 0 Å². The van der Waals surface area contributed by atoms with Gasteiger partial charge in [0.2, 0.25) is 0 Å². The lowest BCUT2D eigenvalue weighted by Gasteiger charge is -2.01. The third-order valence-electron chi connectivity index (χ3n) is 2.86. The van der Waals surface area contributed by atoms with E-state index in [0.717, 1.165) is 19.4 Å². The second-order valence-electron chi connectivity index (χ2n) is 4.99. The molecule has 0 bridgehead atoms. The van der Waals surface area contributed by atoms with Crippen LogP contribution in [0, 0.1) is 0 Å². The average molecular weight is 367 g/mol. The minimum Gasteiger partial charge on any atom is -0.481 e. The molecule has 0 amide bonds. The molecule has 0 aromatic heterocycles. The molecule has 146 valence electrons. The molecule has 1 heterocycles. The number of carbonyl (C=O) groups is 4. The van der Waals surface area contributed by atoms with E-state index in [1.54, 1.807) is 0 Å². The van der Waals surface area contributed by atoms with Crippen molar-refractivity contribution in [2.75, 3.05) is 13.2 Å². The predicted octanol–water partition coefficient (Wildman–Crippen LogP) is -2.52. The molecular weight excluding hydrogens is 342 g/mol. The molecule has 0 saturated carbocycles. The Bertz CT molecular complexity index is 438. The zero-order valence-electron chi connectivity index (χ0n) is 13.5. The Morgan fingerprint density at radius 3 is 1.72 bits per heavy atom. The van der Waals surface area contributed by atoms with E-state index < -0.39 is 42.6 Å². The molecule has 2 unspecified atom stereocenters. The molecule has 0 aromatic carbocycles. The summed E-state index contributed by atoms with van der Waals surface area (Å²) >= 11 is 0. The number of aliphatic hydroxyl groups is 1. The largest absolute Gasteiger partial charge is 0.481 e. The van der Waals surface area contributed by atoms with Crippen LogP contribution in [-0.2, 0) is 19.2 Å². The summed E-state index contributed by atoms with van der Waals surface area (Å²) < 4.78 is 0. The van der Waals surface area contributed by atoms with Gasteiger partial charge in [-0.2, -0.15) is 0 Å². The van der Waals surface area contributed by atoms with E-state index in [1.165, 1.54) is 0 Å². The summed E-state index contributed by atoms with van der Waals surface area (Å²) in [4.78, 5) is 39.7. The standard InChI is InChI=1S/C5H9NO4.C5H9NO2.C3H7NO3/c6-3(5(9)10)1-2-4(7)8;7-5(8)4-2-1-3-6-4;4-2(1-5)3(6)7/h3H,1-2,6H2,(H,7,8)(H,9,10);4,6H,1-3H2,(H,7,8);2,5H,1,4H2,(H,6,7)/t;4-;/m.0./s1. The first-order chi connectivity index (χ1) is 11.5. The lowest BCUT2D eigenvalue weighted by atomic mass is 10.2.